The number of amides is 2. The highest BCUT2D eigenvalue weighted by Gasteiger charge is 2.35. The fourth-order valence-corrected chi connectivity index (χ4v) is 2.55. The van der Waals surface area contributed by atoms with Crippen molar-refractivity contribution < 1.29 is 14.3 Å². The molecule has 0 spiro atoms. The largest absolute Gasteiger partial charge is 0.381 e. The number of hydrogen-bond donors (Lipinski definition) is 3. The molecule has 1 fully saturated rings. The quantitative estimate of drug-likeness (QED) is 0.770. The lowest BCUT2D eigenvalue weighted by atomic mass is 9.90. The highest BCUT2D eigenvalue weighted by molar-refractivity contribution is 6.00. The molecule has 134 valence electrons. The Morgan fingerprint density at radius 2 is 1.88 bits per heavy atom. The smallest absolute Gasteiger partial charge is 0.251 e. The number of carbonyl (C=O) groups is 2. The van der Waals surface area contributed by atoms with Gasteiger partial charge in [0.25, 0.3) is 5.91 Å². The van der Waals surface area contributed by atoms with E-state index in [4.69, 9.17) is 10.5 Å². The van der Waals surface area contributed by atoms with Gasteiger partial charge in [0.15, 0.2) is 0 Å². The number of halogens is 1. The average molecular weight is 356 g/mol. The Labute approximate surface area is 148 Å². The van der Waals surface area contributed by atoms with E-state index in [9.17, 15) is 9.59 Å². The van der Waals surface area contributed by atoms with Crippen molar-refractivity contribution in [1.82, 2.24) is 5.32 Å². The lowest BCUT2D eigenvalue weighted by Gasteiger charge is -2.31. The Hall–Kier alpha value is -1.63. The van der Waals surface area contributed by atoms with Crippen molar-refractivity contribution in [2.24, 2.45) is 5.73 Å². The van der Waals surface area contributed by atoms with Gasteiger partial charge in [-0.05, 0) is 57.4 Å². The number of nitrogens with one attached hydrogen (secondary N) is 2. The van der Waals surface area contributed by atoms with Crippen LogP contribution in [0, 0.1) is 6.92 Å². The summed E-state index contributed by atoms with van der Waals surface area (Å²) >= 11 is 0. The maximum Gasteiger partial charge on any atom is 0.251 e. The van der Waals surface area contributed by atoms with Crippen molar-refractivity contribution in [2.75, 3.05) is 18.5 Å². The van der Waals surface area contributed by atoms with Crippen molar-refractivity contribution >= 4 is 29.9 Å². The summed E-state index contributed by atoms with van der Waals surface area (Å²) in [5.74, 6) is -0.324. The maximum absolute atomic E-state index is 12.4. The molecule has 2 rings (SSSR count). The minimum absolute atomic E-state index is 0. The van der Waals surface area contributed by atoms with Crippen LogP contribution >= 0.6 is 12.4 Å². The molecule has 0 atom stereocenters. The van der Waals surface area contributed by atoms with E-state index in [2.05, 4.69) is 10.6 Å². The van der Waals surface area contributed by atoms with Crippen LogP contribution < -0.4 is 16.4 Å². The molecule has 0 saturated carbocycles. The van der Waals surface area contributed by atoms with Gasteiger partial charge in [-0.25, -0.2) is 0 Å². The Bertz CT molecular complexity index is 599. The number of ether oxygens (including phenoxy) is 1. The van der Waals surface area contributed by atoms with E-state index in [-0.39, 0.29) is 30.3 Å². The average Bonchev–Trinajstić information content (AvgIpc) is 2.47. The van der Waals surface area contributed by atoms with E-state index >= 15 is 0 Å². The van der Waals surface area contributed by atoms with Crippen molar-refractivity contribution in [1.29, 1.82) is 0 Å². The summed E-state index contributed by atoms with van der Waals surface area (Å²) in [4.78, 5) is 24.5. The zero-order valence-corrected chi connectivity index (χ0v) is 15.2. The van der Waals surface area contributed by atoms with Crippen LogP contribution in [0.2, 0.25) is 0 Å². The van der Waals surface area contributed by atoms with Gasteiger partial charge in [0.1, 0.15) is 5.54 Å². The van der Waals surface area contributed by atoms with E-state index in [0.29, 0.717) is 37.3 Å². The van der Waals surface area contributed by atoms with Gasteiger partial charge in [-0.2, -0.15) is 0 Å². The normalized spacial score (nSPS) is 16.2. The summed E-state index contributed by atoms with van der Waals surface area (Å²) in [5.41, 5.74) is 7.33. The van der Waals surface area contributed by atoms with Gasteiger partial charge >= 0.3 is 0 Å². The molecule has 2 amide bonds. The third-order valence-electron chi connectivity index (χ3n) is 3.99. The van der Waals surface area contributed by atoms with Crippen LogP contribution in [0.4, 0.5) is 5.69 Å². The SMILES string of the molecule is Cc1cc(NC(=O)C2(N)CCOCC2)ccc1C(=O)NC(C)C.Cl. The van der Waals surface area contributed by atoms with Crippen LogP contribution in [-0.4, -0.2) is 36.6 Å². The maximum atomic E-state index is 12.4. The van der Waals surface area contributed by atoms with Crippen molar-refractivity contribution in [3.05, 3.63) is 29.3 Å². The third kappa shape index (κ3) is 4.93. The molecule has 1 aliphatic heterocycles. The first-order chi connectivity index (χ1) is 10.8. The number of hydrogen-bond acceptors (Lipinski definition) is 4. The van der Waals surface area contributed by atoms with Crippen molar-refractivity contribution in [3.63, 3.8) is 0 Å². The van der Waals surface area contributed by atoms with Crippen LogP contribution in [0.25, 0.3) is 0 Å². The summed E-state index contributed by atoms with van der Waals surface area (Å²) in [7, 11) is 0. The first kappa shape index (κ1) is 20.4. The second-order valence-electron chi connectivity index (χ2n) is 6.38. The summed E-state index contributed by atoms with van der Waals surface area (Å²) in [6, 6.07) is 5.31. The minimum Gasteiger partial charge on any atom is -0.381 e. The first-order valence-electron chi connectivity index (χ1n) is 7.91. The molecule has 0 aliphatic carbocycles. The van der Waals surface area contributed by atoms with Gasteiger partial charge in [-0.3, -0.25) is 9.59 Å². The second kappa shape index (κ2) is 8.46. The van der Waals surface area contributed by atoms with Crippen molar-refractivity contribution in [2.45, 2.75) is 45.2 Å². The zero-order valence-electron chi connectivity index (χ0n) is 14.3. The van der Waals surface area contributed by atoms with E-state index in [0.717, 1.165) is 5.56 Å². The molecule has 0 radical (unpaired) electrons. The topological polar surface area (TPSA) is 93.5 Å². The molecule has 1 heterocycles. The zero-order chi connectivity index (χ0) is 17.0. The predicted molar refractivity (Wildman–Crippen MR) is 96.6 cm³/mol. The van der Waals surface area contributed by atoms with E-state index in [1.165, 1.54) is 0 Å². The van der Waals surface area contributed by atoms with Gasteiger partial charge in [-0.15, -0.1) is 12.4 Å². The molecule has 1 aromatic rings. The molecule has 0 aromatic heterocycles. The van der Waals surface area contributed by atoms with Gasteiger partial charge in [0.2, 0.25) is 5.91 Å². The second-order valence-corrected chi connectivity index (χ2v) is 6.38. The fourth-order valence-electron chi connectivity index (χ4n) is 2.55. The van der Waals surface area contributed by atoms with Crippen LogP contribution in [0.3, 0.4) is 0 Å². The number of carbonyl (C=O) groups excluding carboxylic acids is 2. The first-order valence-corrected chi connectivity index (χ1v) is 7.91. The molecule has 24 heavy (non-hydrogen) atoms. The number of benzene rings is 1. The Morgan fingerprint density at radius 3 is 2.42 bits per heavy atom. The molecule has 6 nitrogen and oxygen atoms in total. The fraction of sp³-hybridized carbons (Fsp3) is 0.529. The van der Waals surface area contributed by atoms with Crippen LogP contribution in [-0.2, 0) is 9.53 Å². The lowest BCUT2D eigenvalue weighted by Crippen LogP contribution is -2.54. The van der Waals surface area contributed by atoms with Gasteiger partial charge in [0.05, 0.1) is 0 Å². The summed E-state index contributed by atoms with van der Waals surface area (Å²) in [6.07, 6.45) is 1.01. The van der Waals surface area contributed by atoms with E-state index in [1.807, 2.05) is 20.8 Å². The predicted octanol–water partition coefficient (Wildman–Crippen LogP) is 2.00. The highest BCUT2D eigenvalue weighted by Crippen LogP contribution is 2.21. The molecule has 7 heteroatoms. The van der Waals surface area contributed by atoms with Gasteiger partial charge < -0.3 is 21.1 Å². The molecule has 1 aliphatic rings. The molecule has 4 N–H and O–H groups in total. The van der Waals surface area contributed by atoms with Crippen LogP contribution in [0.5, 0.6) is 0 Å². The Kier molecular flexibility index (Phi) is 7.20. The van der Waals surface area contributed by atoms with Gasteiger partial charge in [0, 0.05) is 30.5 Å². The lowest BCUT2D eigenvalue weighted by molar-refractivity contribution is -0.124. The van der Waals surface area contributed by atoms with E-state index < -0.39 is 5.54 Å². The minimum atomic E-state index is -0.889. The monoisotopic (exact) mass is 355 g/mol. The Balaban J connectivity index is 0.00000288. The Morgan fingerprint density at radius 1 is 1.25 bits per heavy atom. The summed E-state index contributed by atoms with van der Waals surface area (Å²) < 4.78 is 5.25. The van der Waals surface area contributed by atoms with Crippen molar-refractivity contribution in [3.8, 4) is 0 Å². The standard InChI is InChI=1S/C17H25N3O3.ClH/c1-11(2)19-15(21)14-5-4-13(10-12(14)3)20-16(22)17(18)6-8-23-9-7-17;/h4-5,10-11H,6-9,18H2,1-3H3,(H,19,21)(H,20,22);1H. The number of aryl methyl sites for hydroxylation is 1. The number of anilines is 1. The molecule has 1 saturated heterocycles. The van der Waals surface area contributed by atoms with Crippen LogP contribution in [0.15, 0.2) is 18.2 Å². The number of rotatable bonds is 4. The molecular weight excluding hydrogens is 330 g/mol. The summed E-state index contributed by atoms with van der Waals surface area (Å²) in [5, 5.41) is 5.71. The van der Waals surface area contributed by atoms with Gasteiger partial charge in [-0.1, -0.05) is 0 Å². The van der Waals surface area contributed by atoms with E-state index in [1.54, 1.807) is 18.2 Å². The molecule has 0 unspecified atom stereocenters. The highest BCUT2D eigenvalue weighted by atomic mass is 35.5. The summed E-state index contributed by atoms with van der Waals surface area (Å²) in [6.45, 7) is 6.67. The molecule has 0 bridgehead atoms. The molecule has 1 aromatic carbocycles. The van der Waals surface area contributed by atoms with Crippen LogP contribution in [0.1, 0.15) is 42.6 Å². The molecular formula is C17H26ClN3O3. The number of nitrogens with two attached hydrogens (primary N) is 1. The third-order valence-corrected chi connectivity index (χ3v) is 3.99.